The maximum atomic E-state index is 13.3. The van der Waals surface area contributed by atoms with E-state index in [1.807, 2.05) is 23.1 Å². The molecule has 0 unspecified atom stereocenters. The minimum atomic E-state index is 0.150. The number of benzene rings is 2. The van der Waals surface area contributed by atoms with Crippen molar-refractivity contribution >= 4 is 38.3 Å². The van der Waals surface area contributed by atoms with Gasteiger partial charge in [-0.2, -0.15) is 0 Å². The van der Waals surface area contributed by atoms with Gasteiger partial charge in [0.05, 0.1) is 21.5 Å². The molecule has 1 aromatic heterocycles. The summed E-state index contributed by atoms with van der Waals surface area (Å²) in [4.78, 5) is 22.4. The van der Waals surface area contributed by atoms with Crippen LogP contribution in [-0.4, -0.2) is 48.5 Å². The summed E-state index contributed by atoms with van der Waals surface area (Å²) in [6.07, 6.45) is 3.14. The molecule has 0 bridgehead atoms. The van der Waals surface area contributed by atoms with Crippen molar-refractivity contribution in [2.75, 3.05) is 42.9 Å². The molecule has 3 heterocycles. The molecule has 3 aromatic rings. The molecule has 1 saturated heterocycles. The number of hydrogen-bond donors (Lipinski definition) is 1. The molecule has 1 fully saturated rings. The van der Waals surface area contributed by atoms with Gasteiger partial charge >= 0.3 is 0 Å². The number of para-hydroxylation sites is 2. The maximum absolute atomic E-state index is 13.3. The molecule has 2 aromatic carbocycles. The Balaban J connectivity index is 1.34. The molecule has 5 rings (SSSR count). The number of amides is 1. The van der Waals surface area contributed by atoms with Crippen molar-refractivity contribution < 1.29 is 4.79 Å². The van der Waals surface area contributed by atoms with Crippen molar-refractivity contribution in [1.29, 1.82) is 0 Å². The molecule has 28 heavy (non-hydrogen) atoms. The van der Waals surface area contributed by atoms with Crippen LogP contribution >= 0.6 is 11.3 Å². The average Bonchev–Trinajstić information content (AvgIpc) is 3.02. The summed E-state index contributed by atoms with van der Waals surface area (Å²) < 4.78 is 1.22. The van der Waals surface area contributed by atoms with Gasteiger partial charge in [0, 0.05) is 32.7 Å². The van der Waals surface area contributed by atoms with Crippen molar-refractivity contribution in [2.24, 2.45) is 0 Å². The summed E-state index contributed by atoms with van der Waals surface area (Å²) >= 11 is 1.74. The molecule has 144 valence electrons. The first-order valence-electron chi connectivity index (χ1n) is 10.1. The fourth-order valence-corrected chi connectivity index (χ4v) is 5.18. The lowest BCUT2D eigenvalue weighted by Gasteiger charge is -2.25. The van der Waals surface area contributed by atoms with Crippen molar-refractivity contribution in [3.8, 4) is 0 Å². The largest absolute Gasteiger partial charge is 0.384 e. The molecular weight excluding hydrogens is 368 g/mol. The molecule has 0 saturated carbocycles. The van der Waals surface area contributed by atoms with Crippen LogP contribution in [0, 0.1) is 0 Å². The Labute approximate surface area is 169 Å². The van der Waals surface area contributed by atoms with E-state index < -0.39 is 0 Å². The van der Waals surface area contributed by atoms with E-state index in [0.29, 0.717) is 0 Å². The number of carbonyl (C=O) groups is 1. The Morgan fingerprint density at radius 1 is 1.00 bits per heavy atom. The van der Waals surface area contributed by atoms with Gasteiger partial charge < -0.3 is 15.1 Å². The van der Waals surface area contributed by atoms with Crippen molar-refractivity contribution in [3.63, 3.8) is 0 Å². The molecule has 2 aliphatic rings. The lowest BCUT2D eigenvalue weighted by Crippen LogP contribution is -2.36. The highest BCUT2D eigenvalue weighted by Gasteiger charge is 2.25. The fourth-order valence-electron chi connectivity index (χ4n) is 4.17. The van der Waals surface area contributed by atoms with Gasteiger partial charge in [-0.25, -0.2) is 4.98 Å². The Morgan fingerprint density at radius 2 is 1.93 bits per heavy atom. The second kappa shape index (κ2) is 7.43. The van der Waals surface area contributed by atoms with Gasteiger partial charge in [-0.15, -0.1) is 0 Å². The van der Waals surface area contributed by atoms with Crippen LogP contribution in [0.15, 0.2) is 42.5 Å². The van der Waals surface area contributed by atoms with E-state index in [-0.39, 0.29) is 5.91 Å². The first-order chi connectivity index (χ1) is 13.8. The van der Waals surface area contributed by atoms with E-state index in [2.05, 4.69) is 34.5 Å². The highest BCUT2D eigenvalue weighted by molar-refractivity contribution is 7.22. The van der Waals surface area contributed by atoms with Crippen LogP contribution in [0.25, 0.3) is 10.2 Å². The molecule has 1 N–H and O–H groups in total. The Morgan fingerprint density at radius 3 is 2.86 bits per heavy atom. The van der Waals surface area contributed by atoms with E-state index >= 15 is 0 Å². The van der Waals surface area contributed by atoms with Crippen molar-refractivity contribution in [3.05, 3.63) is 53.6 Å². The van der Waals surface area contributed by atoms with Crippen molar-refractivity contribution in [2.45, 2.75) is 19.3 Å². The normalized spacial score (nSPS) is 17.1. The SMILES string of the molecule is O=C(c1cccc2c1NCCC2)N1CCCN(c2nc3ccccc3s2)CC1. The fraction of sp³-hybridized carbons (Fsp3) is 0.364. The van der Waals surface area contributed by atoms with Gasteiger partial charge in [-0.1, -0.05) is 35.6 Å². The van der Waals surface area contributed by atoms with Crippen LogP contribution in [0.4, 0.5) is 10.8 Å². The second-order valence-electron chi connectivity index (χ2n) is 7.47. The second-order valence-corrected chi connectivity index (χ2v) is 8.48. The van der Waals surface area contributed by atoms with Crippen LogP contribution in [0.5, 0.6) is 0 Å². The summed E-state index contributed by atoms with van der Waals surface area (Å²) in [6, 6.07) is 14.4. The Kier molecular flexibility index (Phi) is 4.64. The zero-order valence-corrected chi connectivity index (χ0v) is 16.7. The van der Waals surface area contributed by atoms with E-state index in [0.717, 1.165) is 73.9 Å². The molecule has 0 spiro atoms. The average molecular weight is 393 g/mol. The van der Waals surface area contributed by atoms with Gasteiger partial charge in [-0.3, -0.25) is 4.79 Å². The van der Waals surface area contributed by atoms with Gasteiger partial charge in [0.2, 0.25) is 0 Å². The molecule has 0 radical (unpaired) electrons. The van der Waals surface area contributed by atoms with Crippen LogP contribution in [-0.2, 0) is 6.42 Å². The number of fused-ring (bicyclic) bond motifs is 2. The molecule has 0 aliphatic carbocycles. The van der Waals surface area contributed by atoms with Gasteiger partial charge in [0.1, 0.15) is 0 Å². The third-order valence-corrected chi connectivity index (χ3v) is 6.74. The topological polar surface area (TPSA) is 48.5 Å². The molecular formula is C22H24N4OS. The number of nitrogens with one attached hydrogen (secondary N) is 1. The summed E-state index contributed by atoms with van der Waals surface area (Å²) in [6.45, 7) is 4.24. The first-order valence-corrected chi connectivity index (χ1v) is 10.9. The monoisotopic (exact) mass is 392 g/mol. The lowest BCUT2D eigenvalue weighted by atomic mass is 9.98. The number of aryl methyl sites for hydroxylation is 1. The number of carbonyl (C=O) groups excluding carboxylic acids is 1. The number of aromatic nitrogens is 1. The molecule has 1 amide bonds. The summed E-state index contributed by atoms with van der Waals surface area (Å²) in [5.41, 5.74) is 4.20. The highest BCUT2D eigenvalue weighted by Crippen LogP contribution is 2.30. The predicted octanol–water partition coefficient (Wildman–Crippen LogP) is 4.01. The standard InChI is InChI=1S/C22H24N4OS/c27-21(17-8-3-6-16-7-4-11-23-20(16)17)25-12-5-13-26(15-14-25)22-24-18-9-1-2-10-19(18)28-22/h1-3,6,8-10,23H,4-5,7,11-15H2. The van der Waals surface area contributed by atoms with Gasteiger partial charge in [-0.05, 0) is 43.0 Å². The number of hydrogen-bond acceptors (Lipinski definition) is 5. The zero-order chi connectivity index (χ0) is 18.9. The summed E-state index contributed by atoms with van der Waals surface area (Å²) in [7, 11) is 0. The van der Waals surface area contributed by atoms with E-state index in [1.165, 1.54) is 10.3 Å². The van der Waals surface area contributed by atoms with Crippen LogP contribution in [0.2, 0.25) is 0 Å². The smallest absolute Gasteiger partial charge is 0.256 e. The Bertz CT molecular complexity index is 982. The van der Waals surface area contributed by atoms with Crippen molar-refractivity contribution in [1.82, 2.24) is 9.88 Å². The summed E-state index contributed by atoms with van der Waals surface area (Å²) in [5, 5.41) is 4.51. The molecule has 5 nitrogen and oxygen atoms in total. The van der Waals surface area contributed by atoms with E-state index in [4.69, 9.17) is 4.98 Å². The minimum Gasteiger partial charge on any atom is -0.384 e. The van der Waals surface area contributed by atoms with E-state index in [9.17, 15) is 4.79 Å². The van der Waals surface area contributed by atoms with Crippen LogP contribution < -0.4 is 10.2 Å². The third-order valence-electron chi connectivity index (χ3n) is 5.64. The highest BCUT2D eigenvalue weighted by atomic mass is 32.1. The zero-order valence-electron chi connectivity index (χ0n) is 15.9. The Hall–Kier alpha value is -2.60. The maximum Gasteiger partial charge on any atom is 0.256 e. The molecule has 0 atom stereocenters. The van der Waals surface area contributed by atoms with Gasteiger partial charge in [0.25, 0.3) is 5.91 Å². The quantitative estimate of drug-likeness (QED) is 0.716. The minimum absolute atomic E-state index is 0.150. The number of thiazole rings is 1. The lowest BCUT2D eigenvalue weighted by molar-refractivity contribution is 0.0768. The van der Waals surface area contributed by atoms with E-state index in [1.54, 1.807) is 11.3 Å². The third kappa shape index (κ3) is 3.22. The van der Waals surface area contributed by atoms with Crippen LogP contribution in [0.3, 0.4) is 0 Å². The first kappa shape index (κ1) is 17.5. The van der Waals surface area contributed by atoms with Gasteiger partial charge in [0.15, 0.2) is 5.13 Å². The number of anilines is 2. The number of rotatable bonds is 2. The summed E-state index contributed by atoms with van der Waals surface area (Å²) in [5.74, 6) is 0.150. The molecule has 2 aliphatic heterocycles. The van der Waals surface area contributed by atoms with Crippen LogP contribution in [0.1, 0.15) is 28.8 Å². The molecule has 6 heteroatoms. The predicted molar refractivity (Wildman–Crippen MR) is 116 cm³/mol. The number of nitrogens with zero attached hydrogens (tertiary/aromatic N) is 3.